The van der Waals surface area contributed by atoms with Crippen LogP contribution < -0.4 is 10.6 Å². The number of rotatable bonds is 6. The molecule has 1 amide bonds. The summed E-state index contributed by atoms with van der Waals surface area (Å²) in [5.74, 6) is -1.17. The van der Waals surface area contributed by atoms with Crippen molar-refractivity contribution in [3.05, 3.63) is 66.0 Å². The predicted octanol–water partition coefficient (Wildman–Crippen LogP) is 4.76. The molecule has 0 aliphatic rings. The molecule has 5 nitrogen and oxygen atoms in total. The highest BCUT2D eigenvalue weighted by Gasteiger charge is 2.17. The van der Waals surface area contributed by atoms with Gasteiger partial charge in [0.1, 0.15) is 11.9 Å². The Morgan fingerprint density at radius 3 is 2.30 bits per heavy atom. The van der Waals surface area contributed by atoms with E-state index >= 15 is 0 Å². The van der Waals surface area contributed by atoms with E-state index in [9.17, 15) is 14.0 Å². The van der Waals surface area contributed by atoms with E-state index in [4.69, 9.17) is 0 Å². The molecule has 0 aliphatic heterocycles. The van der Waals surface area contributed by atoms with Gasteiger partial charge in [-0.2, -0.15) is 0 Å². The van der Waals surface area contributed by atoms with Crippen molar-refractivity contribution in [1.29, 1.82) is 0 Å². The predicted molar refractivity (Wildman–Crippen MR) is 117 cm³/mol. The summed E-state index contributed by atoms with van der Waals surface area (Å²) < 4.78 is 19.3. The van der Waals surface area contributed by atoms with Gasteiger partial charge in [-0.1, -0.05) is 18.2 Å². The van der Waals surface area contributed by atoms with E-state index in [-0.39, 0.29) is 17.8 Å². The summed E-state index contributed by atoms with van der Waals surface area (Å²) in [6, 6.07) is 15.4. The SMILES string of the molecule is COC(=O)[C@@H](C)NC(=O)c1ccc2cc(-c3ccc(NC(C)C)cc3F)ccc2c1. The van der Waals surface area contributed by atoms with E-state index in [1.165, 1.54) is 13.2 Å². The first-order chi connectivity index (χ1) is 14.3. The molecule has 2 N–H and O–H groups in total. The molecule has 0 fully saturated rings. The number of ether oxygens (including phenoxy) is 1. The Balaban J connectivity index is 1.85. The van der Waals surface area contributed by atoms with Crippen LogP contribution in [0.25, 0.3) is 21.9 Å². The second kappa shape index (κ2) is 8.95. The number of carbonyl (C=O) groups is 2. The average Bonchev–Trinajstić information content (AvgIpc) is 2.72. The maximum Gasteiger partial charge on any atom is 0.328 e. The fourth-order valence-electron chi connectivity index (χ4n) is 3.24. The minimum absolute atomic E-state index is 0.220. The molecule has 0 spiro atoms. The molecular formula is C24H25FN2O3. The van der Waals surface area contributed by atoms with Gasteiger partial charge in [0.2, 0.25) is 0 Å². The summed E-state index contributed by atoms with van der Waals surface area (Å²) in [7, 11) is 1.27. The number of hydrogen-bond donors (Lipinski definition) is 2. The number of anilines is 1. The molecule has 0 heterocycles. The summed E-state index contributed by atoms with van der Waals surface area (Å²) in [5.41, 5.74) is 2.44. The molecule has 3 rings (SSSR count). The lowest BCUT2D eigenvalue weighted by Gasteiger charge is -2.13. The number of halogens is 1. The van der Waals surface area contributed by atoms with Crippen molar-refractivity contribution in [2.75, 3.05) is 12.4 Å². The monoisotopic (exact) mass is 408 g/mol. The van der Waals surface area contributed by atoms with E-state index in [0.29, 0.717) is 11.1 Å². The van der Waals surface area contributed by atoms with Crippen LogP contribution >= 0.6 is 0 Å². The third-order valence-electron chi connectivity index (χ3n) is 4.74. The molecule has 0 bridgehead atoms. The average molecular weight is 408 g/mol. The Morgan fingerprint density at radius 1 is 0.933 bits per heavy atom. The first-order valence-electron chi connectivity index (χ1n) is 9.77. The molecule has 0 saturated heterocycles. The van der Waals surface area contributed by atoms with Gasteiger partial charge in [-0.15, -0.1) is 0 Å². The second-order valence-electron chi connectivity index (χ2n) is 7.49. The van der Waals surface area contributed by atoms with Crippen molar-refractivity contribution in [2.24, 2.45) is 0 Å². The van der Waals surface area contributed by atoms with Crippen molar-refractivity contribution >= 4 is 28.3 Å². The van der Waals surface area contributed by atoms with Gasteiger partial charge in [-0.05, 0) is 73.5 Å². The third-order valence-corrected chi connectivity index (χ3v) is 4.74. The van der Waals surface area contributed by atoms with Crippen LogP contribution in [0.2, 0.25) is 0 Å². The Morgan fingerprint density at radius 2 is 1.63 bits per heavy atom. The summed E-state index contributed by atoms with van der Waals surface area (Å²) in [6.45, 7) is 5.56. The van der Waals surface area contributed by atoms with Crippen molar-refractivity contribution < 1.29 is 18.7 Å². The van der Waals surface area contributed by atoms with Crippen LogP contribution in [0.5, 0.6) is 0 Å². The summed E-state index contributed by atoms with van der Waals surface area (Å²) in [6.07, 6.45) is 0. The number of esters is 1. The standard InChI is InChI=1S/C24H25FN2O3/c1-14(2)26-20-9-10-21(22(25)13-20)18-7-5-17-12-19(8-6-16(17)11-18)23(28)27-15(3)24(29)30-4/h5-15,26H,1-4H3,(H,27,28)/t15-/m1/s1. The first kappa shape index (κ1) is 21.3. The molecule has 0 saturated carbocycles. The zero-order valence-electron chi connectivity index (χ0n) is 17.5. The molecule has 0 unspecified atom stereocenters. The minimum Gasteiger partial charge on any atom is -0.467 e. The van der Waals surface area contributed by atoms with Crippen LogP contribution in [0.15, 0.2) is 54.6 Å². The van der Waals surface area contributed by atoms with Crippen molar-refractivity contribution in [3.8, 4) is 11.1 Å². The highest BCUT2D eigenvalue weighted by Crippen LogP contribution is 2.29. The maximum atomic E-state index is 14.6. The lowest BCUT2D eigenvalue weighted by molar-refractivity contribution is -0.142. The molecule has 0 aromatic heterocycles. The summed E-state index contributed by atoms with van der Waals surface area (Å²) in [4.78, 5) is 23.9. The van der Waals surface area contributed by atoms with Gasteiger partial charge >= 0.3 is 5.97 Å². The fraction of sp³-hybridized carbons (Fsp3) is 0.250. The van der Waals surface area contributed by atoms with Crippen LogP contribution in [-0.2, 0) is 9.53 Å². The second-order valence-corrected chi connectivity index (χ2v) is 7.49. The fourth-order valence-corrected chi connectivity index (χ4v) is 3.24. The van der Waals surface area contributed by atoms with Crippen molar-refractivity contribution in [1.82, 2.24) is 5.32 Å². The van der Waals surface area contributed by atoms with Crippen LogP contribution in [0.4, 0.5) is 10.1 Å². The maximum absolute atomic E-state index is 14.6. The van der Waals surface area contributed by atoms with Gasteiger partial charge in [0.25, 0.3) is 5.91 Å². The van der Waals surface area contributed by atoms with Crippen molar-refractivity contribution in [3.63, 3.8) is 0 Å². The number of nitrogens with one attached hydrogen (secondary N) is 2. The Bertz CT molecular complexity index is 1100. The first-order valence-corrected chi connectivity index (χ1v) is 9.77. The zero-order chi connectivity index (χ0) is 21.8. The number of hydrogen-bond acceptors (Lipinski definition) is 4. The van der Waals surface area contributed by atoms with Crippen molar-refractivity contribution in [2.45, 2.75) is 32.9 Å². The van der Waals surface area contributed by atoms with E-state index in [0.717, 1.165) is 22.0 Å². The van der Waals surface area contributed by atoms with E-state index < -0.39 is 12.0 Å². The van der Waals surface area contributed by atoms with Gasteiger partial charge in [0.05, 0.1) is 7.11 Å². The molecule has 0 aliphatic carbocycles. The lowest BCUT2D eigenvalue weighted by atomic mass is 9.99. The molecule has 156 valence electrons. The normalized spacial score (nSPS) is 11.9. The topological polar surface area (TPSA) is 67.4 Å². The number of fused-ring (bicyclic) bond motifs is 1. The zero-order valence-corrected chi connectivity index (χ0v) is 17.5. The number of amides is 1. The smallest absolute Gasteiger partial charge is 0.328 e. The number of carbonyl (C=O) groups excluding carboxylic acids is 2. The van der Waals surface area contributed by atoms with Gasteiger partial charge < -0.3 is 15.4 Å². The van der Waals surface area contributed by atoms with Gasteiger partial charge in [-0.3, -0.25) is 4.79 Å². The number of benzene rings is 3. The summed E-state index contributed by atoms with van der Waals surface area (Å²) >= 11 is 0. The van der Waals surface area contributed by atoms with E-state index in [1.54, 1.807) is 25.1 Å². The number of methoxy groups -OCH3 is 1. The molecular weight excluding hydrogens is 383 g/mol. The Hall–Kier alpha value is -3.41. The summed E-state index contributed by atoms with van der Waals surface area (Å²) in [5, 5.41) is 7.52. The minimum atomic E-state index is -0.739. The van der Waals surface area contributed by atoms with E-state index in [2.05, 4.69) is 15.4 Å². The molecule has 3 aromatic carbocycles. The molecule has 1 atom stereocenters. The van der Waals surface area contributed by atoms with Gasteiger partial charge in [-0.25, -0.2) is 9.18 Å². The molecule has 6 heteroatoms. The van der Waals surface area contributed by atoms with E-state index in [1.807, 2.05) is 44.2 Å². The molecule has 0 radical (unpaired) electrons. The third kappa shape index (κ3) is 4.76. The van der Waals surface area contributed by atoms with Crippen LogP contribution in [0, 0.1) is 5.82 Å². The largest absolute Gasteiger partial charge is 0.467 e. The quantitative estimate of drug-likeness (QED) is 0.577. The Kier molecular flexibility index (Phi) is 6.35. The Labute approximate surface area is 175 Å². The highest BCUT2D eigenvalue weighted by atomic mass is 19.1. The van der Waals surface area contributed by atoms with Crippen LogP contribution in [0.1, 0.15) is 31.1 Å². The lowest BCUT2D eigenvalue weighted by Crippen LogP contribution is -2.39. The van der Waals surface area contributed by atoms with Crippen LogP contribution in [0.3, 0.4) is 0 Å². The molecule has 3 aromatic rings. The van der Waals surface area contributed by atoms with Crippen LogP contribution in [-0.4, -0.2) is 31.1 Å². The highest BCUT2D eigenvalue weighted by molar-refractivity contribution is 6.00. The van der Waals surface area contributed by atoms with Gasteiger partial charge in [0.15, 0.2) is 0 Å². The van der Waals surface area contributed by atoms with Gasteiger partial charge in [0, 0.05) is 22.9 Å². The molecule has 30 heavy (non-hydrogen) atoms.